The molecule has 3 heterocycles. The molecule has 272 valence electrons. The van der Waals surface area contributed by atoms with Crippen molar-refractivity contribution in [2.75, 3.05) is 45.2 Å². The summed E-state index contributed by atoms with van der Waals surface area (Å²) in [4.78, 5) is 41.4. The third-order valence-electron chi connectivity index (χ3n) is 10.2. The minimum atomic E-state index is -1.45. The summed E-state index contributed by atoms with van der Waals surface area (Å²) < 4.78 is 11.9. The summed E-state index contributed by atoms with van der Waals surface area (Å²) in [7, 11) is 3.80. The average molecular weight is 682 g/mol. The van der Waals surface area contributed by atoms with E-state index in [1.54, 1.807) is 24.1 Å². The number of rotatable bonds is 7. The van der Waals surface area contributed by atoms with Crippen LogP contribution in [-0.4, -0.2) is 112 Å². The van der Waals surface area contributed by atoms with Crippen molar-refractivity contribution in [2.45, 2.75) is 121 Å². The van der Waals surface area contributed by atoms with E-state index in [-0.39, 0.29) is 31.1 Å². The average Bonchev–Trinajstić information content (AvgIpc) is 3.37. The van der Waals surface area contributed by atoms with Crippen molar-refractivity contribution in [3.63, 3.8) is 0 Å². The molecule has 1 aromatic heterocycles. The Morgan fingerprint density at radius 1 is 1.12 bits per heavy atom. The van der Waals surface area contributed by atoms with Gasteiger partial charge in [0.05, 0.1) is 18.2 Å². The summed E-state index contributed by atoms with van der Waals surface area (Å²) in [6, 6.07) is 2.49. The Kier molecular flexibility index (Phi) is 14.2. The van der Waals surface area contributed by atoms with Crippen LogP contribution in [0.1, 0.15) is 97.1 Å². The maximum atomic E-state index is 13.5. The third-order valence-corrected chi connectivity index (χ3v) is 10.2. The van der Waals surface area contributed by atoms with Crippen LogP contribution >= 0.6 is 0 Å². The second-order valence-corrected chi connectivity index (χ2v) is 14.6. The topological polar surface area (TPSA) is 129 Å². The lowest BCUT2D eigenvalue weighted by Crippen LogP contribution is -2.53. The predicted molar refractivity (Wildman–Crippen MR) is 191 cm³/mol. The Morgan fingerprint density at radius 3 is 2.49 bits per heavy atom. The summed E-state index contributed by atoms with van der Waals surface area (Å²) in [5.74, 6) is -0.157. The molecule has 6 atom stereocenters. The smallest absolute Gasteiger partial charge is 0.410 e. The molecular formula is C38H59N5O6. The number of cyclic esters (lactones) is 1. The van der Waals surface area contributed by atoms with Gasteiger partial charge in [-0.1, -0.05) is 63.8 Å². The first-order valence-electron chi connectivity index (χ1n) is 18.2. The first kappa shape index (κ1) is 38.5. The highest BCUT2D eigenvalue weighted by Gasteiger charge is 2.37. The van der Waals surface area contributed by atoms with Gasteiger partial charge in [0.1, 0.15) is 11.7 Å². The molecular weight excluding hydrogens is 622 g/mol. The quantitative estimate of drug-likeness (QED) is 0.167. The number of amides is 1. The minimum absolute atomic E-state index is 0.0227. The normalized spacial score (nSPS) is 30.1. The van der Waals surface area contributed by atoms with E-state index in [2.05, 4.69) is 21.8 Å². The summed E-state index contributed by atoms with van der Waals surface area (Å²) >= 11 is 0. The lowest BCUT2D eigenvalue weighted by Gasteiger charge is -2.40. The Labute approximate surface area is 293 Å². The number of piperazine rings is 1. The number of allylic oxidation sites excluding steroid dienone is 3. The van der Waals surface area contributed by atoms with Gasteiger partial charge in [0.2, 0.25) is 5.95 Å². The standard InChI is InChI=1S/C38H59N5O6/c1-27(32-19-21-39-36(40-32)41(5)6)12-11-13-28(2)35-29(3)16-17-33(38(4,47)20-18-31(44)26-34(45)49-35)48-37(46)43-24-22-42(23-25-43)30-14-9-7-8-10-15-30/h11-13,16-17,19,21,27,29-31,33,35,44,47H,7-10,14-15,18,20,22-26H2,1-6H3/b12-11+,17-16-,28-13+/t27?,29-,31+,33-,35+,38+/m0/s1. The SMILES string of the molecule is C/C(=C\C=C\C(C)c1ccnc(N(C)C)n1)[C@H]1OC(=O)C[C@H](O)CC[C@@](C)(O)[C@@H](OC(=O)N2CCN(C3CCCCCC3)CC2)/C=C\[C@@H]1C. The van der Waals surface area contributed by atoms with E-state index in [0.717, 1.165) is 24.4 Å². The first-order valence-corrected chi connectivity index (χ1v) is 18.2. The molecule has 1 unspecified atom stereocenters. The number of carbonyl (C=O) groups is 2. The van der Waals surface area contributed by atoms with Gasteiger partial charge in [0, 0.05) is 64.3 Å². The van der Waals surface area contributed by atoms with Gasteiger partial charge >= 0.3 is 12.1 Å². The van der Waals surface area contributed by atoms with Gasteiger partial charge in [-0.05, 0) is 57.2 Å². The van der Waals surface area contributed by atoms with Gasteiger partial charge in [-0.2, -0.15) is 0 Å². The Bertz CT molecular complexity index is 1310. The number of esters is 1. The van der Waals surface area contributed by atoms with Crippen LogP contribution in [0.5, 0.6) is 0 Å². The molecule has 49 heavy (non-hydrogen) atoms. The second-order valence-electron chi connectivity index (χ2n) is 14.6. The fraction of sp³-hybridized carbons (Fsp3) is 0.684. The maximum absolute atomic E-state index is 13.5. The van der Waals surface area contributed by atoms with Crippen molar-refractivity contribution < 1.29 is 29.3 Å². The van der Waals surface area contributed by atoms with Crippen molar-refractivity contribution in [1.82, 2.24) is 19.8 Å². The van der Waals surface area contributed by atoms with E-state index < -0.39 is 36.0 Å². The van der Waals surface area contributed by atoms with Crippen LogP contribution in [0.4, 0.5) is 10.7 Å². The summed E-state index contributed by atoms with van der Waals surface area (Å²) in [6.45, 7) is 10.3. The van der Waals surface area contributed by atoms with Crippen molar-refractivity contribution in [3.8, 4) is 0 Å². The van der Waals surface area contributed by atoms with Crippen LogP contribution in [0.2, 0.25) is 0 Å². The van der Waals surface area contributed by atoms with Crippen LogP contribution in [0.25, 0.3) is 0 Å². The fourth-order valence-electron chi connectivity index (χ4n) is 6.92. The van der Waals surface area contributed by atoms with E-state index in [4.69, 9.17) is 9.47 Å². The largest absolute Gasteiger partial charge is 0.457 e. The monoisotopic (exact) mass is 681 g/mol. The van der Waals surface area contributed by atoms with Crippen molar-refractivity contribution >= 4 is 18.0 Å². The Hall–Kier alpha value is -3.28. The molecule has 1 saturated heterocycles. The number of nitrogens with zero attached hydrogens (tertiary/aromatic N) is 5. The molecule has 1 saturated carbocycles. The molecule has 3 aliphatic rings. The number of aliphatic hydroxyl groups is 2. The van der Waals surface area contributed by atoms with Crippen molar-refractivity contribution in [1.29, 1.82) is 0 Å². The molecule has 2 fully saturated rings. The molecule has 2 aliphatic heterocycles. The zero-order chi connectivity index (χ0) is 35.6. The lowest BCUT2D eigenvalue weighted by atomic mass is 9.88. The highest BCUT2D eigenvalue weighted by atomic mass is 16.6. The number of aliphatic hydroxyl groups excluding tert-OH is 1. The van der Waals surface area contributed by atoms with Gasteiger partial charge in [-0.15, -0.1) is 0 Å². The van der Waals surface area contributed by atoms with E-state index in [0.29, 0.717) is 25.1 Å². The predicted octanol–water partition coefficient (Wildman–Crippen LogP) is 5.39. The van der Waals surface area contributed by atoms with E-state index >= 15 is 0 Å². The lowest BCUT2D eigenvalue weighted by molar-refractivity contribution is -0.151. The Balaban J connectivity index is 1.46. The van der Waals surface area contributed by atoms with Gasteiger partial charge in [0.25, 0.3) is 0 Å². The molecule has 1 aliphatic carbocycles. The highest BCUT2D eigenvalue weighted by Crippen LogP contribution is 2.28. The van der Waals surface area contributed by atoms with E-state index in [9.17, 15) is 19.8 Å². The number of ether oxygens (including phenoxy) is 2. The van der Waals surface area contributed by atoms with Crippen LogP contribution in [0.15, 0.2) is 48.2 Å². The van der Waals surface area contributed by atoms with Gasteiger partial charge in [-0.25, -0.2) is 14.8 Å². The first-order chi connectivity index (χ1) is 23.3. The molecule has 11 heteroatoms. The fourth-order valence-corrected chi connectivity index (χ4v) is 6.92. The second kappa shape index (κ2) is 18.1. The van der Waals surface area contributed by atoms with Crippen LogP contribution in [0, 0.1) is 5.92 Å². The molecule has 0 radical (unpaired) electrons. The van der Waals surface area contributed by atoms with E-state index in [1.165, 1.54) is 38.5 Å². The Morgan fingerprint density at radius 2 is 1.82 bits per heavy atom. The van der Waals surface area contributed by atoms with Crippen molar-refractivity contribution in [2.24, 2.45) is 5.92 Å². The highest BCUT2D eigenvalue weighted by molar-refractivity contribution is 5.70. The molecule has 0 bridgehead atoms. The van der Waals surface area contributed by atoms with Gasteiger partial charge in [0.15, 0.2) is 6.10 Å². The summed E-state index contributed by atoms with van der Waals surface area (Å²) in [5, 5.41) is 22.2. The zero-order valence-electron chi connectivity index (χ0n) is 30.5. The van der Waals surface area contributed by atoms with Crippen LogP contribution < -0.4 is 4.90 Å². The number of hydrogen-bond acceptors (Lipinski definition) is 10. The molecule has 11 nitrogen and oxygen atoms in total. The molecule has 1 amide bonds. The number of aromatic nitrogens is 2. The summed E-state index contributed by atoms with van der Waals surface area (Å²) in [5.41, 5.74) is 0.243. The molecule has 2 N–H and O–H groups in total. The van der Waals surface area contributed by atoms with E-state index in [1.807, 2.05) is 63.2 Å². The number of anilines is 1. The van der Waals surface area contributed by atoms with Crippen molar-refractivity contribution in [3.05, 3.63) is 53.9 Å². The molecule has 0 aromatic carbocycles. The van der Waals surface area contributed by atoms with Crippen LogP contribution in [-0.2, 0) is 14.3 Å². The van der Waals surface area contributed by atoms with Crippen LogP contribution in [0.3, 0.4) is 0 Å². The van der Waals surface area contributed by atoms with Gasteiger partial charge in [-0.3, -0.25) is 9.69 Å². The minimum Gasteiger partial charge on any atom is -0.457 e. The number of carbonyl (C=O) groups excluding carboxylic acids is 2. The summed E-state index contributed by atoms with van der Waals surface area (Å²) in [6.07, 6.45) is 15.9. The third kappa shape index (κ3) is 11.4. The molecule has 4 rings (SSSR count). The maximum Gasteiger partial charge on any atom is 0.410 e. The van der Waals surface area contributed by atoms with Gasteiger partial charge < -0.3 is 29.5 Å². The zero-order valence-corrected chi connectivity index (χ0v) is 30.5. The number of hydrogen-bond donors (Lipinski definition) is 2. The molecule has 0 spiro atoms. The molecule has 1 aromatic rings.